The summed E-state index contributed by atoms with van der Waals surface area (Å²) in [7, 11) is 0. The van der Waals surface area contributed by atoms with Gasteiger partial charge in [-0.25, -0.2) is 4.39 Å². The molecule has 0 fully saturated rings. The second kappa shape index (κ2) is 5.48. The van der Waals surface area contributed by atoms with Crippen molar-refractivity contribution in [3.05, 3.63) is 47.8 Å². The molecule has 2 nitrogen and oxygen atoms in total. The molecular formula is C15H11F4NOS. The normalized spacial score (nSPS) is 17.2. The van der Waals surface area contributed by atoms with Gasteiger partial charge in [-0.05, 0) is 23.8 Å². The molecule has 1 atom stereocenters. The van der Waals surface area contributed by atoms with Gasteiger partial charge < -0.3 is 10.5 Å². The molecule has 0 radical (unpaired) electrons. The lowest BCUT2D eigenvalue weighted by Crippen LogP contribution is -2.19. The fourth-order valence-corrected chi connectivity index (χ4v) is 3.31. The first-order valence-corrected chi connectivity index (χ1v) is 7.31. The standard InChI is InChI=1S/C15H11F4NOS/c16-8-5-10(14-12(6-8)22-13(7-20)21-14)9-3-1-2-4-11(9)15(17,18)19/h1-6,13H,7,20H2. The van der Waals surface area contributed by atoms with Gasteiger partial charge in [0, 0.05) is 12.1 Å². The number of hydrogen-bond donors (Lipinski definition) is 1. The first-order chi connectivity index (χ1) is 10.4. The van der Waals surface area contributed by atoms with Crippen LogP contribution in [0.1, 0.15) is 5.56 Å². The highest BCUT2D eigenvalue weighted by Gasteiger charge is 2.35. The topological polar surface area (TPSA) is 35.2 Å². The van der Waals surface area contributed by atoms with Gasteiger partial charge in [-0.1, -0.05) is 30.0 Å². The van der Waals surface area contributed by atoms with E-state index in [1.54, 1.807) is 0 Å². The Hall–Kier alpha value is -1.73. The average Bonchev–Trinajstić information content (AvgIpc) is 2.88. The first-order valence-electron chi connectivity index (χ1n) is 6.43. The van der Waals surface area contributed by atoms with E-state index in [0.29, 0.717) is 4.90 Å². The predicted octanol–water partition coefficient (Wildman–Crippen LogP) is 4.28. The second-order valence-electron chi connectivity index (χ2n) is 4.72. The molecule has 0 amide bonds. The highest BCUT2D eigenvalue weighted by atomic mass is 32.2. The number of rotatable bonds is 2. The molecule has 116 valence electrons. The molecule has 2 aromatic carbocycles. The van der Waals surface area contributed by atoms with Gasteiger partial charge in [0.1, 0.15) is 11.6 Å². The molecule has 1 aliphatic heterocycles. The molecule has 0 aliphatic carbocycles. The molecule has 0 spiro atoms. The van der Waals surface area contributed by atoms with Crippen LogP contribution in [0.4, 0.5) is 17.6 Å². The summed E-state index contributed by atoms with van der Waals surface area (Å²) in [6.07, 6.45) is -4.53. The molecule has 1 unspecified atom stereocenters. The van der Waals surface area contributed by atoms with Gasteiger partial charge in [-0.3, -0.25) is 0 Å². The van der Waals surface area contributed by atoms with E-state index < -0.39 is 23.0 Å². The third-order valence-electron chi connectivity index (χ3n) is 3.24. The van der Waals surface area contributed by atoms with Crippen LogP contribution < -0.4 is 10.5 Å². The van der Waals surface area contributed by atoms with Crippen molar-refractivity contribution >= 4 is 11.8 Å². The van der Waals surface area contributed by atoms with Crippen LogP contribution in [0.5, 0.6) is 5.75 Å². The van der Waals surface area contributed by atoms with Crippen LogP contribution in [0, 0.1) is 5.82 Å². The van der Waals surface area contributed by atoms with Gasteiger partial charge in [-0.15, -0.1) is 0 Å². The summed E-state index contributed by atoms with van der Waals surface area (Å²) >= 11 is 1.20. The predicted molar refractivity (Wildman–Crippen MR) is 76.2 cm³/mol. The quantitative estimate of drug-likeness (QED) is 0.835. The fourth-order valence-electron chi connectivity index (χ4n) is 2.34. The smallest absolute Gasteiger partial charge is 0.417 e. The number of ether oxygens (including phenoxy) is 1. The van der Waals surface area contributed by atoms with Crippen molar-refractivity contribution in [2.24, 2.45) is 5.73 Å². The van der Waals surface area contributed by atoms with Gasteiger partial charge in [0.15, 0.2) is 5.44 Å². The van der Waals surface area contributed by atoms with Crippen molar-refractivity contribution in [3.8, 4) is 16.9 Å². The van der Waals surface area contributed by atoms with E-state index in [2.05, 4.69) is 0 Å². The number of thioether (sulfide) groups is 1. The van der Waals surface area contributed by atoms with E-state index >= 15 is 0 Å². The van der Waals surface area contributed by atoms with E-state index in [-0.39, 0.29) is 23.4 Å². The molecule has 0 saturated carbocycles. The van der Waals surface area contributed by atoms with E-state index in [1.807, 2.05) is 0 Å². The Morgan fingerprint density at radius 1 is 1.14 bits per heavy atom. The number of benzene rings is 2. The molecule has 1 aliphatic rings. The van der Waals surface area contributed by atoms with Gasteiger partial charge in [0.25, 0.3) is 0 Å². The van der Waals surface area contributed by atoms with E-state index in [4.69, 9.17) is 10.5 Å². The average molecular weight is 329 g/mol. The Kier molecular flexibility index (Phi) is 3.78. The Morgan fingerprint density at radius 3 is 2.55 bits per heavy atom. The van der Waals surface area contributed by atoms with Crippen molar-refractivity contribution in [1.82, 2.24) is 0 Å². The molecule has 2 aromatic rings. The lowest BCUT2D eigenvalue weighted by Gasteiger charge is -2.15. The fraction of sp³-hybridized carbons (Fsp3) is 0.200. The largest absolute Gasteiger partial charge is 0.476 e. The van der Waals surface area contributed by atoms with Crippen molar-refractivity contribution in [3.63, 3.8) is 0 Å². The second-order valence-corrected chi connectivity index (χ2v) is 5.93. The van der Waals surface area contributed by atoms with Gasteiger partial charge >= 0.3 is 6.18 Å². The Morgan fingerprint density at radius 2 is 1.86 bits per heavy atom. The van der Waals surface area contributed by atoms with Gasteiger partial charge in [-0.2, -0.15) is 13.2 Å². The first kappa shape index (κ1) is 15.2. The highest BCUT2D eigenvalue weighted by molar-refractivity contribution is 8.00. The van der Waals surface area contributed by atoms with E-state index in [0.717, 1.165) is 12.1 Å². The van der Waals surface area contributed by atoms with Crippen LogP contribution in [-0.2, 0) is 6.18 Å². The number of hydrogen-bond acceptors (Lipinski definition) is 3. The maximum atomic E-state index is 13.8. The number of nitrogens with two attached hydrogens (primary N) is 1. The maximum Gasteiger partial charge on any atom is 0.417 e. The minimum atomic E-state index is -4.53. The van der Waals surface area contributed by atoms with Crippen LogP contribution >= 0.6 is 11.8 Å². The Bertz CT molecular complexity index is 717. The summed E-state index contributed by atoms with van der Waals surface area (Å²) in [5.41, 5.74) is 4.25. The summed E-state index contributed by atoms with van der Waals surface area (Å²) in [6, 6.07) is 7.35. The highest BCUT2D eigenvalue weighted by Crippen LogP contribution is 2.49. The molecule has 0 saturated heterocycles. The third kappa shape index (κ3) is 2.66. The summed E-state index contributed by atoms with van der Waals surface area (Å²) in [5.74, 6) is -0.363. The zero-order valence-corrected chi connectivity index (χ0v) is 12.0. The molecular weight excluding hydrogens is 318 g/mol. The van der Waals surface area contributed by atoms with Crippen molar-refractivity contribution < 1.29 is 22.3 Å². The van der Waals surface area contributed by atoms with Crippen molar-refractivity contribution in [1.29, 1.82) is 0 Å². The molecule has 2 N–H and O–H groups in total. The van der Waals surface area contributed by atoms with Gasteiger partial charge in [0.2, 0.25) is 0 Å². The zero-order valence-electron chi connectivity index (χ0n) is 11.2. The van der Waals surface area contributed by atoms with Gasteiger partial charge in [0.05, 0.1) is 10.5 Å². The molecule has 0 bridgehead atoms. The lowest BCUT2D eigenvalue weighted by atomic mass is 9.98. The monoisotopic (exact) mass is 329 g/mol. The van der Waals surface area contributed by atoms with Crippen molar-refractivity contribution in [2.45, 2.75) is 16.5 Å². The number of fused-ring (bicyclic) bond motifs is 1. The van der Waals surface area contributed by atoms with E-state index in [9.17, 15) is 17.6 Å². The summed E-state index contributed by atoms with van der Waals surface area (Å²) in [5, 5.41) is 0. The van der Waals surface area contributed by atoms with Crippen molar-refractivity contribution in [2.75, 3.05) is 6.54 Å². The zero-order chi connectivity index (χ0) is 15.9. The number of alkyl halides is 3. The van der Waals surface area contributed by atoms with Crippen LogP contribution in [0.2, 0.25) is 0 Å². The number of halogens is 4. The molecule has 22 heavy (non-hydrogen) atoms. The Labute approximate surface area is 128 Å². The summed E-state index contributed by atoms with van der Waals surface area (Å²) < 4.78 is 58.9. The summed E-state index contributed by atoms with van der Waals surface area (Å²) in [4.78, 5) is 0.461. The summed E-state index contributed by atoms with van der Waals surface area (Å²) in [6.45, 7) is 0.182. The van der Waals surface area contributed by atoms with Crippen LogP contribution in [-0.4, -0.2) is 12.0 Å². The minimum absolute atomic E-state index is 0.0892. The molecule has 0 aromatic heterocycles. The van der Waals surface area contributed by atoms with Crippen LogP contribution in [0.25, 0.3) is 11.1 Å². The molecule has 1 heterocycles. The van der Waals surface area contributed by atoms with E-state index in [1.165, 1.54) is 36.0 Å². The van der Waals surface area contributed by atoms with Crippen LogP contribution in [0.3, 0.4) is 0 Å². The third-order valence-corrected chi connectivity index (χ3v) is 4.35. The lowest BCUT2D eigenvalue weighted by molar-refractivity contribution is -0.137. The molecule has 3 rings (SSSR count). The molecule has 7 heteroatoms. The Balaban J connectivity index is 2.20. The minimum Gasteiger partial charge on any atom is -0.476 e. The SMILES string of the molecule is NCC1Oc2c(cc(F)cc2-c2ccccc2C(F)(F)F)S1. The maximum absolute atomic E-state index is 13.8. The van der Waals surface area contributed by atoms with Crippen LogP contribution in [0.15, 0.2) is 41.3 Å².